The van der Waals surface area contributed by atoms with Crippen LogP contribution in [0.5, 0.6) is 0 Å². The van der Waals surface area contributed by atoms with E-state index in [0.29, 0.717) is 17.1 Å². The van der Waals surface area contributed by atoms with Crippen LogP contribution in [0.2, 0.25) is 0 Å². The molecule has 2 heterocycles. The molecule has 1 aromatic heterocycles. The lowest BCUT2D eigenvalue weighted by atomic mass is 9.85. The van der Waals surface area contributed by atoms with E-state index < -0.39 is 4.92 Å². The van der Waals surface area contributed by atoms with Crippen molar-refractivity contribution in [2.75, 3.05) is 0 Å². The highest BCUT2D eigenvalue weighted by Gasteiger charge is 2.73. The van der Waals surface area contributed by atoms with Gasteiger partial charge >= 0.3 is 0 Å². The van der Waals surface area contributed by atoms with Crippen LogP contribution in [0.4, 0.5) is 5.69 Å². The van der Waals surface area contributed by atoms with Crippen LogP contribution in [-0.4, -0.2) is 28.0 Å². The fourth-order valence-corrected chi connectivity index (χ4v) is 5.62. The molecule has 3 aliphatic carbocycles. The van der Waals surface area contributed by atoms with Gasteiger partial charge in [0.2, 0.25) is 0 Å². The summed E-state index contributed by atoms with van der Waals surface area (Å²) >= 11 is 0. The highest BCUT2D eigenvalue weighted by Crippen LogP contribution is 2.73. The molecule has 1 aromatic carbocycles. The summed E-state index contributed by atoms with van der Waals surface area (Å²) in [6.07, 6.45) is 7.82. The predicted octanol–water partition coefficient (Wildman–Crippen LogP) is 3.39. The Morgan fingerprint density at radius 2 is 1.67 bits per heavy atom. The highest BCUT2D eigenvalue weighted by molar-refractivity contribution is 6.07. The number of benzene rings is 1. The molecule has 4 aliphatic rings. The van der Waals surface area contributed by atoms with Gasteiger partial charge in [-0.1, -0.05) is 12.2 Å². The lowest BCUT2D eigenvalue weighted by Crippen LogP contribution is -2.30. The van der Waals surface area contributed by atoms with Crippen LogP contribution in [0.25, 0.3) is 11.3 Å². The third kappa shape index (κ3) is 2.18. The number of rotatable bonds is 4. The number of carbonyl (C=O) groups is 2. The number of nitro benzene ring substituents is 1. The summed E-state index contributed by atoms with van der Waals surface area (Å²) in [5.74, 6) is 0.251. The molecule has 1 saturated heterocycles. The first-order chi connectivity index (χ1) is 14.5. The summed E-state index contributed by atoms with van der Waals surface area (Å²) in [6, 6.07) is 9.40. The zero-order valence-corrected chi connectivity index (χ0v) is 15.8. The van der Waals surface area contributed by atoms with E-state index in [1.165, 1.54) is 18.3 Å². The van der Waals surface area contributed by atoms with E-state index in [2.05, 4.69) is 17.3 Å². The number of amides is 2. The normalized spacial score (nSPS) is 30.1. The van der Waals surface area contributed by atoms with Gasteiger partial charge in [0.05, 0.1) is 23.0 Å². The molecule has 2 aromatic rings. The second-order valence-corrected chi connectivity index (χ2v) is 8.46. The minimum absolute atomic E-state index is 0.000123. The zero-order valence-electron chi connectivity index (χ0n) is 15.8. The summed E-state index contributed by atoms with van der Waals surface area (Å²) in [4.78, 5) is 36.1. The number of hydrogen-bond acceptors (Lipinski definition) is 6. The molecule has 0 radical (unpaired) electrons. The van der Waals surface area contributed by atoms with Crippen molar-refractivity contribution >= 4 is 23.7 Å². The fraction of sp³-hybridized carbons (Fsp3) is 0.318. The molecule has 2 bridgehead atoms. The molecular weight excluding hydrogens is 386 g/mol. The molecular formula is C22H17N3O5. The van der Waals surface area contributed by atoms with Crippen molar-refractivity contribution < 1.29 is 18.9 Å². The van der Waals surface area contributed by atoms with Gasteiger partial charge in [0.25, 0.3) is 17.5 Å². The molecule has 0 N–H and O–H groups in total. The summed E-state index contributed by atoms with van der Waals surface area (Å²) in [5.41, 5.74) is 0.845. The minimum atomic E-state index is -0.462. The SMILES string of the molecule is O=C1[C@@H]2[C@@H](C(=O)N1/N=C\c1ccc(-c3ccc([N+](=O)[O-])cc3)o1)[C@H]1C=C[C@H]2C12CC2. The van der Waals surface area contributed by atoms with Crippen LogP contribution in [0.1, 0.15) is 18.6 Å². The maximum Gasteiger partial charge on any atom is 0.269 e. The summed E-state index contributed by atoms with van der Waals surface area (Å²) < 4.78 is 5.71. The van der Waals surface area contributed by atoms with Gasteiger partial charge in [-0.2, -0.15) is 10.1 Å². The first-order valence-corrected chi connectivity index (χ1v) is 9.94. The average Bonchev–Trinajstić information content (AvgIpc) is 3.03. The van der Waals surface area contributed by atoms with Crippen LogP contribution in [-0.2, 0) is 9.59 Å². The summed E-state index contributed by atoms with van der Waals surface area (Å²) in [6.45, 7) is 0. The van der Waals surface area contributed by atoms with E-state index >= 15 is 0 Å². The molecule has 2 amide bonds. The van der Waals surface area contributed by atoms with Crippen LogP contribution < -0.4 is 0 Å². The Labute approximate surface area is 171 Å². The molecule has 1 aliphatic heterocycles. The van der Waals surface area contributed by atoms with Gasteiger partial charge in [0.1, 0.15) is 11.5 Å². The maximum atomic E-state index is 12.9. The van der Waals surface area contributed by atoms with Crippen molar-refractivity contribution in [2.24, 2.45) is 34.2 Å². The quantitative estimate of drug-likeness (QED) is 0.256. The van der Waals surface area contributed by atoms with Gasteiger partial charge in [0.15, 0.2) is 0 Å². The largest absolute Gasteiger partial charge is 0.455 e. The Morgan fingerprint density at radius 1 is 1.03 bits per heavy atom. The Hall–Kier alpha value is -3.55. The number of furan rings is 1. The number of non-ortho nitro benzene ring substituents is 1. The third-order valence-electron chi connectivity index (χ3n) is 7.12. The highest BCUT2D eigenvalue weighted by atomic mass is 16.6. The zero-order chi connectivity index (χ0) is 20.6. The number of hydrazone groups is 1. The number of allylic oxidation sites excluding steroid dienone is 2. The monoisotopic (exact) mass is 403 g/mol. The smallest absolute Gasteiger partial charge is 0.269 e. The molecule has 1 spiro atoms. The average molecular weight is 403 g/mol. The predicted molar refractivity (Wildman–Crippen MR) is 105 cm³/mol. The van der Waals surface area contributed by atoms with Crippen molar-refractivity contribution in [3.8, 4) is 11.3 Å². The van der Waals surface area contributed by atoms with Crippen molar-refractivity contribution in [1.82, 2.24) is 5.01 Å². The van der Waals surface area contributed by atoms with E-state index in [9.17, 15) is 19.7 Å². The lowest BCUT2D eigenvalue weighted by Gasteiger charge is -2.18. The van der Waals surface area contributed by atoms with Crippen LogP contribution >= 0.6 is 0 Å². The molecule has 2 saturated carbocycles. The van der Waals surface area contributed by atoms with Crippen LogP contribution in [0.15, 0.2) is 58.1 Å². The molecule has 30 heavy (non-hydrogen) atoms. The van der Waals surface area contributed by atoms with Gasteiger partial charge in [-0.05, 0) is 54.4 Å². The fourth-order valence-electron chi connectivity index (χ4n) is 5.62. The maximum absolute atomic E-state index is 12.9. The molecule has 8 heteroatoms. The molecule has 4 atom stereocenters. The van der Waals surface area contributed by atoms with Crippen LogP contribution in [0.3, 0.4) is 0 Å². The van der Waals surface area contributed by atoms with Crippen molar-refractivity contribution in [3.63, 3.8) is 0 Å². The van der Waals surface area contributed by atoms with E-state index in [4.69, 9.17) is 4.42 Å². The number of hydrogen-bond donors (Lipinski definition) is 0. The van der Waals surface area contributed by atoms with Crippen LogP contribution in [0, 0.1) is 39.2 Å². The Bertz CT molecular complexity index is 1120. The van der Waals surface area contributed by atoms with E-state index in [0.717, 1.165) is 17.9 Å². The van der Waals surface area contributed by atoms with Crippen molar-refractivity contribution in [2.45, 2.75) is 12.8 Å². The number of nitro groups is 1. The minimum Gasteiger partial charge on any atom is -0.455 e. The van der Waals surface area contributed by atoms with Crippen molar-refractivity contribution in [1.29, 1.82) is 0 Å². The lowest BCUT2D eigenvalue weighted by molar-refractivity contribution is -0.384. The van der Waals surface area contributed by atoms with Crippen molar-refractivity contribution in [3.05, 3.63) is 64.4 Å². The summed E-state index contributed by atoms with van der Waals surface area (Å²) in [7, 11) is 0. The topological polar surface area (TPSA) is 106 Å². The Balaban J connectivity index is 1.21. The Morgan fingerprint density at radius 3 is 2.23 bits per heavy atom. The molecule has 6 rings (SSSR count). The van der Waals surface area contributed by atoms with Gasteiger partial charge in [-0.3, -0.25) is 19.7 Å². The number of fused-ring (bicyclic) bond motifs is 3. The second-order valence-electron chi connectivity index (χ2n) is 8.46. The van der Waals surface area contributed by atoms with E-state index in [1.807, 2.05) is 0 Å². The van der Waals surface area contributed by atoms with Gasteiger partial charge in [-0.25, -0.2) is 0 Å². The molecule has 8 nitrogen and oxygen atoms in total. The molecule has 0 unspecified atom stereocenters. The van der Waals surface area contributed by atoms with Gasteiger partial charge < -0.3 is 4.42 Å². The standard InChI is InChI=1S/C22H17N3O5/c26-20-18-15-6-7-16(22(15)9-10-22)19(18)21(27)24(20)23-11-14-5-8-17(30-14)12-1-3-13(4-2-12)25(28)29/h1-8,11,15-16,18-19H,9-10H2/b23-11-/t15-,16-,18+,19+/m1/s1. The van der Waals surface area contributed by atoms with E-state index in [1.54, 1.807) is 24.3 Å². The number of carbonyl (C=O) groups excluding carboxylic acids is 2. The van der Waals surface area contributed by atoms with Gasteiger partial charge in [0, 0.05) is 17.7 Å². The third-order valence-corrected chi connectivity index (χ3v) is 7.12. The summed E-state index contributed by atoms with van der Waals surface area (Å²) in [5, 5.41) is 15.9. The Kier molecular flexibility index (Phi) is 3.32. The number of imide groups is 1. The first-order valence-electron chi connectivity index (χ1n) is 9.94. The first kappa shape index (κ1) is 17.3. The molecule has 150 valence electrons. The van der Waals surface area contributed by atoms with E-state index in [-0.39, 0.29) is 46.6 Å². The van der Waals surface area contributed by atoms with Gasteiger partial charge in [-0.15, -0.1) is 0 Å². The number of nitrogens with zero attached hydrogens (tertiary/aromatic N) is 3. The molecule has 3 fully saturated rings. The second kappa shape index (κ2) is 5.75.